The number of nitrogens with one attached hydrogen (secondary N) is 1. The molecule has 1 N–H and O–H groups in total. The van der Waals surface area contributed by atoms with Crippen molar-refractivity contribution < 1.29 is 14.3 Å². The molecule has 0 spiro atoms. The van der Waals surface area contributed by atoms with Crippen molar-refractivity contribution in [2.75, 3.05) is 11.9 Å². The van der Waals surface area contributed by atoms with Crippen molar-refractivity contribution in [3.05, 3.63) is 41.7 Å². The summed E-state index contributed by atoms with van der Waals surface area (Å²) in [4.78, 5) is 23.2. The largest absolute Gasteiger partial charge is 0.462 e. The Morgan fingerprint density at radius 3 is 2.65 bits per heavy atom. The van der Waals surface area contributed by atoms with Crippen molar-refractivity contribution in [1.29, 1.82) is 5.26 Å². The van der Waals surface area contributed by atoms with E-state index in [1.807, 2.05) is 0 Å². The van der Waals surface area contributed by atoms with E-state index in [9.17, 15) is 9.59 Å². The second kappa shape index (κ2) is 7.22. The summed E-state index contributed by atoms with van der Waals surface area (Å²) in [5.74, 6) is -0.767. The summed E-state index contributed by atoms with van der Waals surface area (Å²) in [6.45, 7) is 3.83. The van der Waals surface area contributed by atoms with Gasteiger partial charge in [-0.2, -0.15) is 10.4 Å². The number of rotatable bonds is 5. The van der Waals surface area contributed by atoms with Crippen molar-refractivity contribution in [2.45, 2.75) is 20.3 Å². The van der Waals surface area contributed by atoms with E-state index in [2.05, 4.69) is 10.4 Å². The third-order valence-corrected chi connectivity index (χ3v) is 3.14. The third-order valence-electron chi connectivity index (χ3n) is 3.14. The molecular weight excluding hydrogens is 296 g/mol. The van der Waals surface area contributed by atoms with E-state index >= 15 is 0 Å². The average Bonchev–Trinajstić information content (AvgIpc) is 2.90. The second-order valence-electron chi connectivity index (χ2n) is 4.71. The van der Waals surface area contributed by atoms with Gasteiger partial charge >= 0.3 is 5.97 Å². The Balaban J connectivity index is 2.19. The molecule has 2 rings (SSSR count). The van der Waals surface area contributed by atoms with Gasteiger partial charge in [0.05, 0.1) is 30.3 Å². The van der Waals surface area contributed by atoms with E-state index in [-0.39, 0.29) is 12.3 Å². The zero-order valence-electron chi connectivity index (χ0n) is 12.9. The lowest BCUT2D eigenvalue weighted by molar-refractivity contribution is -0.115. The molecule has 7 nitrogen and oxygen atoms in total. The Morgan fingerprint density at radius 2 is 2.04 bits per heavy atom. The maximum Gasteiger partial charge on any atom is 0.341 e. The number of nitriles is 1. The van der Waals surface area contributed by atoms with E-state index in [1.165, 1.54) is 6.20 Å². The monoisotopic (exact) mass is 312 g/mol. The first-order chi connectivity index (χ1) is 11.1. The molecule has 1 amide bonds. The number of esters is 1. The summed E-state index contributed by atoms with van der Waals surface area (Å²) >= 11 is 0. The fourth-order valence-corrected chi connectivity index (χ4v) is 2.04. The van der Waals surface area contributed by atoms with Crippen LogP contribution in [0.3, 0.4) is 0 Å². The molecule has 0 fully saturated rings. The van der Waals surface area contributed by atoms with Crippen LogP contribution in [0.2, 0.25) is 0 Å². The minimum Gasteiger partial charge on any atom is -0.462 e. The molecule has 0 aliphatic carbocycles. The van der Waals surface area contributed by atoms with Crippen molar-refractivity contribution in [2.24, 2.45) is 0 Å². The van der Waals surface area contributed by atoms with Gasteiger partial charge in [-0.05, 0) is 38.1 Å². The molecule has 2 aromatic rings. The van der Waals surface area contributed by atoms with Crippen LogP contribution in [-0.4, -0.2) is 28.3 Å². The molecule has 0 aliphatic heterocycles. The summed E-state index contributed by atoms with van der Waals surface area (Å²) < 4.78 is 6.60. The van der Waals surface area contributed by atoms with Crippen molar-refractivity contribution in [1.82, 2.24) is 9.78 Å². The fraction of sp³-hybridized carbons (Fsp3) is 0.250. The molecule has 0 bridgehead atoms. The van der Waals surface area contributed by atoms with Gasteiger partial charge in [-0.3, -0.25) is 4.79 Å². The molecule has 1 aromatic heterocycles. The van der Waals surface area contributed by atoms with Crippen molar-refractivity contribution in [3.8, 4) is 11.8 Å². The molecule has 0 saturated heterocycles. The Bertz CT molecular complexity index is 757. The molecular formula is C16H16N4O3. The number of carbonyl (C=O) groups excluding carboxylic acids is 2. The minimum atomic E-state index is -0.406. The van der Waals surface area contributed by atoms with Gasteiger partial charge in [0.2, 0.25) is 5.91 Å². The highest BCUT2D eigenvalue weighted by molar-refractivity contribution is 5.92. The first-order valence-corrected chi connectivity index (χ1v) is 7.05. The number of amides is 1. The third kappa shape index (κ3) is 3.74. The molecule has 0 aliphatic rings. The van der Waals surface area contributed by atoms with Crippen LogP contribution in [0.5, 0.6) is 0 Å². The van der Waals surface area contributed by atoms with E-state index in [0.717, 1.165) is 5.69 Å². The molecule has 118 valence electrons. The van der Waals surface area contributed by atoms with Crippen molar-refractivity contribution in [3.63, 3.8) is 0 Å². The zero-order valence-corrected chi connectivity index (χ0v) is 12.9. The maximum absolute atomic E-state index is 11.8. The SMILES string of the molecule is CCOC(=O)c1cnn(-c2ccc(NC(=O)CC#N)cc2)c1C. The topological polar surface area (TPSA) is 97.0 Å². The van der Waals surface area contributed by atoms with E-state index in [1.54, 1.807) is 48.9 Å². The molecule has 0 atom stereocenters. The van der Waals surface area contributed by atoms with Gasteiger partial charge in [0, 0.05) is 5.69 Å². The number of hydrogen-bond donors (Lipinski definition) is 1. The number of ether oxygens (including phenoxy) is 1. The molecule has 0 radical (unpaired) electrons. The molecule has 1 aromatic carbocycles. The van der Waals surface area contributed by atoms with Gasteiger partial charge < -0.3 is 10.1 Å². The van der Waals surface area contributed by atoms with Crippen LogP contribution in [0.4, 0.5) is 5.69 Å². The smallest absolute Gasteiger partial charge is 0.341 e. The van der Waals surface area contributed by atoms with Crippen LogP contribution in [0.25, 0.3) is 5.69 Å². The first-order valence-electron chi connectivity index (χ1n) is 7.05. The predicted octanol–water partition coefficient (Wildman–Crippen LogP) is 2.21. The highest BCUT2D eigenvalue weighted by Gasteiger charge is 2.16. The quantitative estimate of drug-likeness (QED) is 0.854. The van der Waals surface area contributed by atoms with E-state index in [0.29, 0.717) is 23.6 Å². The van der Waals surface area contributed by atoms with Crippen LogP contribution >= 0.6 is 0 Å². The van der Waals surface area contributed by atoms with Gasteiger partial charge in [-0.1, -0.05) is 0 Å². The standard InChI is InChI=1S/C16H16N4O3/c1-3-23-16(22)14-10-18-20(11(14)2)13-6-4-12(5-7-13)19-15(21)8-9-17/h4-7,10H,3,8H2,1-2H3,(H,19,21). The van der Waals surface area contributed by atoms with E-state index in [4.69, 9.17) is 10.00 Å². The highest BCUT2D eigenvalue weighted by atomic mass is 16.5. The highest BCUT2D eigenvalue weighted by Crippen LogP contribution is 2.17. The molecule has 7 heteroatoms. The Kier molecular flexibility index (Phi) is 5.10. The fourth-order valence-electron chi connectivity index (χ4n) is 2.04. The van der Waals surface area contributed by atoms with Crippen molar-refractivity contribution >= 4 is 17.6 Å². The minimum absolute atomic E-state index is 0.192. The van der Waals surface area contributed by atoms with E-state index < -0.39 is 5.97 Å². The average molecular weight is 312 g/mol. The number of carbonyl (C=O) groups is 2. The lowest BCUT2D eigenvalue weighted by Gasteiger charge is -2.07. The van der Waals surface area contributed by atoms with Crippen LogP contribution in [0, 0.1) is 18.3 Å². The number of aromatic nitrogens is 2. The summed E-state index contributed by atoms with van der Waals surface area (Å²) in [7, 11) is 0. The Hall–Kier alpha value is -3.14. The number of hydrogen-bond acceptors (Lipinski definition) is 5. The van der Waals surface area contributed by atoms with Crippen LogP contribution in [0.1, 0.15) is 29.4 Å². The molecule has 1 heterocycles. The van der Waals surface area contributed by atoms with Gasteiger partial charge in [0.1, 0.15) is 12.0 Å². The lowest BCUT2D eigenvalue weighted by atomic mass is 10.2. The predicted molar refractivity (Wildman–Crippen MR) is 83.1 cm³/mol. The number of nitrogens with zero attached hydrogens (tertiary/aromatic N) is 3. The normalized spacial score (nSPS) is 9.96. The van der Waals surface area contributed by atoms with Crippen LogP contribution in [-0.2, 0) is 9.53 Å². The lowest BCUT2D eigenvalue weighted by Crippen LogP contribution is -2.10. The Labute approximate surface area is 133 Å². The van der Waals surface area contributed by atoms with Crippen LogP contribution in [0.15, 0.2) is 30.5 Å². The molecule has 0 unspecified atom stereocenters. The molecule has 23 heavy (non-hydrogen) atoms. The summed E-state index contributed by atoms with van der Waals surface area (Å²) in [5.41, 5.74) is 2.42. The van der Waals surface area contributed by atoms with Gasteiger partial charge in [0.15, 0.2) is 0 Å². The number of anilines is 1. The first kappa shape index (κ1) is 16.2. The summed E-state index contributed by atoms with van der Waals surface area (Å²) in [5, 5.41) is 15.3. The number of benzene rings is 1. The maximum atomic E-state index is 11.8. The molecule has 0 saturated carbocycles. The van der Waals surface area contributed by atoms with Gasteiger partial charge in [0.25, 0.3) is 0 Å². The van der Waals surface area contributed by atoms with Gasteiger partial charge in [-0.25, -0.2) is 9.48 Å². The summed E-state index contributed by atoms with van der Waals surface area (Å²) in [6.07, 6.45) is 1.28. The zero-order chi connectivity index (χ0) is 16.8. The van der Waals surface area contributed by atoms with Gasteiger partial charge in [-0.15, -0.1) is 0 Å². The summed E-state index contributed by atoms with van der Waals surface area (Å²) in [6, 6.07) is 8.72. The Morgan fingerprint density at radius 1 is 1.35 bits per heavy atom. The second-order valence-corrected chi connectivity index (χ2v) is 4.71. The van der Waals surface area contributed by atoms with Crippen LogP contribution < -0.4 is 5.32 Å².